The Morgan fingerprint density at radius 2 is 1.85 bits per heavy atom. The molecule has 7 heteroatoms. The number of thiophene rings is 1. The number of rotatable bonds is 3. The molecule has 5 nitrogen and oxygen atoms in total. The molecule has 0 atom stereocenters. The maximum absolute atomic E-state index is 12.3. The van der Waals surface area contributed by atoms with Crippen LogP contribution in [-0.2, 0) is 0 Å². The third kappa shape index (κ3) is 5.69. The molecule has 4 aromatic rings. The molecular weight excluding hydrogens is 464 g/mol. The summed E-state index contributed by atoms with van der Waals surface area (Å²) in [5.74, 6) is 7.02. The molecule has 2 heterocycles. The molecule has 0 aliphatic heterocycles. The molecule has 0 unspecified atom stereocenters. The number of nitrogens with one attached hydrogen (secondary N) is 2. The first kappa shape index (κ1) is 23.6. The van der Waals surface area contributed by atoms with Crippen molar-refractivity contribution < 1.29 is 4.79 Å². The number of nitrogen functional groups attached to an aromatic ring is 1. The number of carbonyl (C=O) groups excluding carboxylic acids is 1. The van der Waals surface area contributed by atoms with E-state index in [1.165, 1.54) is 0 Å². The number of aromatic nitrogens is 1. The van der Waals surface area contributed by atoms with Crippen molar-refractivity contribution in [3.63, 3.8) is 0 Å². The second kappa shape index (κ2) is 9.76. The van der Waals surface area contributed by atoms with Crippen molar-refractivity contribution in [2.45, 2.75) is 27.2 Å². The summed E-state index contributed by atoms with van der Waals surface area (Å²) in [4.78, 5) is 16.7. The van der Waals surface area contributed by atoms with Crippen LogP contribution in [0.25, 0.3) is 21.2 Å². The molecule has 0 bridgehead atoms. The smallest absolute Gasteiger partial charge is 0.323 e. The fourth-order valence-electron chi connectivity index (χ4n) is 3.37. The highest BCUT2D eigenvalue weighted by Crippen LogP contribution is 2.38. The van der Waals surface area contributed by atoms with Crippen LogP contribution in [0.5, 0.6) is 0 Å². The van der Waals surface area contributed by atoms with E-state index in [-0.39, 0.29) is 11.4 Å². The lowest BCUT2D eigenvalue weighted by molar-refractivity contribution is 0.262. The largest absolute Gasteiger partial charge is 0.383 e. The van der Waals surface area contributed by atoms with E-state index in [0.29, 0.717) is 22.2 Å². The number of pyridine rings is 1. The molecule has 0 saturated heterocycles. The van der Waals surface area contributed by atoms with Gasteiger partial charge in [-0.1, -0.05) is 62.4 Å². The number of benzene rings is 2. The number of fused-ring (bicyclic) bond motifs is 1. The molecule has 0 aliphatic carbocycles. The molecule has 2 aromatic heterocycles. The number of amides is 2. The van der Waals surface area contributed by atoms with Crippen molar-refractivity contribution in [2.75, 3.05) is 16.4 Å². The van der Waals surface area contributed by atoms with E-state index >= 15 is 0 Å². The van der Waals surface area contributed by atoms with Gasteiger partial charge >= 0.3 is 6.03 Å². The number of halogens is 1. The van der Waals surface area contributed by atoms with E-state index in [0.717, 1.165) is 33.2 Å². The Morgan fingerprint density at radius 1 is 1.12 bits per heavy atom. The molecule has 4 rings (SSSR count). The molecule has 0 spiro atoms. The zero-order valence-corrected chi connectivity index (χ0v) is 20.8. The van der Waals surface area contributed by atoms with Crippen molar-refractivity contribution >= 4 is 56.2 Å². The maximum Gasteiger partial charge on any atom is 0.323 e. The summed E-state index contributed by atoms with van der Waals surface area (Å²) >= 11 is 7.58. The second-order valence-corrected chi connectivity index (χ2v) is 10.4. The molecule has 0 aliphatic rings. The van der Waals surface area contributed by atoms with Crippen molar-refractivity contribution in [2.24, 2.45) is 5.41 Å². The SMILES string of the molecule is CC(C)(C)CC#Cc1cnc(N)c2c(-c3ccc(NC(=O)Nc4cccc(Cl)c4)cc3)csc12. The van der Waals surface area contributed by atoms with Gasteiger partial charge in [-0.15, -0.1) is 11.3 Å². The Hall–Kier alpha value is -3.53. The summed E-state index contributed by atoms with van der Waals surface area (Å²) in [6.07, 6.45) is 2.55. The second-order valence-electron chi connectivity index (χ2n) is 9.12. The summed E-state index contributed by atoms with van der Waals surface area (Å²) in [5.41, 5.74) is 10.6. The minimum atomic E-state index is -0.345. The normalized spacial score (nSPS) is 11.1. The maximum atomic E-state index is 12.3. The Balaban J connectivity index is 1.54. The van der Waals surface area contributed by atoms with E-state index in [1.54, 1.807) is 41.8 Å². The Kier molecular flexibility index (Phi) is 6.78. The lowest BCUT2D eigenvalue weighted by atomic mass is 9.93. The van der Waals surface area contributed by atoms with Gasteiger partial charge in [0.1, 0.15) is 5.82 Å². The molecule has 34 heavy (non-hydrogen) atoms. The predicted molar refractivity (Wildman–Crippen MR) is 145 cm³/mol. The third-order valence-electron chi connectivity index (χ3n) is 5.00. The fraction of sp³-hybridized carbons (Fsp3) is 0.185. The first-order valence-corrected chi connectivity index (χ1v) is 12.0. The average molecular weight is 489 g/mol. The molecule has 0 saturated carbocycles. The lowest BCUT2D eigenvalue weighted by Crippen LogP contribution is -2.19. The Morgan fingerprint density at radius 3 is 2.56 bits per heavy atom. The summed E-state index contributed by atoms with van der Waals surface area (Å²) in [6, 6.07) is 14.3. The quantitative estimate of drug-likeness (QED) is 0.259. The number of hydrogen-bond donors (Lipinski definition) is 3. The molecule has 2 aromatic carbocycles. The van der Waals surface area contributed by atoms with Gasteiger partial charge in [0, 0.05) is 40.0 Å². The first-order chi connectivity index (χ1) is 16.2. The standard InChI is InChI=1S/C27H25ClN4OS/c1-27(2,3)13-5-6-18-15-30-25(29)23-22(16-34-24(18)23)17-9-11-20(12-10-17)31-26(33)32-21-8-4-7-19(28)14-21/h4,7-12,14-16H,13H2,1-3H3,(H2,29,30)(H2,31,32,33). The van der Waals surface area contributed by atoms with E-state index in [4.69, 9.17) is 17.3 Å². The van der Waals surface area contributed by atoms with Gasteiger partial charge in [0.05, 0.1) is 10.3 Å². The molecular formula is C27H25ClN4OS. The number of nitrogens with two attached hydrogens (primary N) is 1. The van der Waals surface area contributed by atoms with Gasteiger partial charge in [-0.3, -0.25) is 0 Å². The van der Waals surface area contributed by atoms with Crippen LogP contribution in [0.15, 0.2) is 60.1 Å². The average Bonchev–Trinajstić information content (AvgIpc) is 3.21. The van der Waals surface area contributed by atoms with Gasteiger partial charge in [0.2, 0.25) is 0 Å². The van der Waals surface area contributed by atoms with Gasteiger partial charge in [-0.2, -0.15) is 0 Å². The van der Waals surface area contributed by atoms with E-state index in [9.17, 15) is 4.79 Å². The van der Waals surface area contributed by atoms with Crippen molar-refractivity contribution in [1.29, 1.82) is 0 Å². The minimum absolute atomic E-state index is 0.148. The Labute approximate surface area is 208 Å². The number of carbonyl (C=O) groups is 1. The minimum Gasteiger partial charge on any atom is -0.383 e. The number of hydrogen-bond acceptors (Lipinski definition) is 4. The van der Waals surface area contributed by atoms with E-state index < -0.39 is 0 Å². The van der Waals surface area contributed by atoms with Crippen LogP contribution >= 0.6 is 22.9 Å². The zero-order valence-electron chi connectivity index (χ0n) is 19.2. The summed E-state index contributed by atoms with van der Waals surface area (Å²) in [5, 5.41) is 9.14. The summed E-state index contributed by atoms with van der Waals surface area (Å²) < 4.78 is 1.03. The van der Waals surface area contributed by atoms with Gasteiger partial charge in [0.15, 0.2) is 0 Å². The first-order valence-electron chi connectivity index (χ1n) is 10.8. The van der Waals surface area contributed by atoms with Gasteiger partial charge in [-0.25, -0.2) is 9.78 Å². The highest BCUT2D eigenvalue weighted by atomic mass is 35.5. The van der Waals surface area contributed by atoms with Crippen LogP contribution in [0.3, 0.4) is 0 Å². The van der Waals surface area contributed by atoms with Crippen molar-refractivity contribution in [3.05, 3.63) is 70.7 Å². The third-order valence-corrected chi connectivity index (χ3v) is 6.25. The van der Waals surface area contributed by atoms with Crippen LogP contribution in [0, 0.1) is 17.3 Å². The van der Waals surface area contributed by atoms with E-state index in [1.807, 2.05) is 24.3 Å². The van der Waals surface area contributed by atoms with Crippen molar-refractivity contribution in [3.8, 4) is 23.0 Å². The van der Waals surface area contributed by atoms with Gasteiger partial charge < -0.3 is 16.4 Å². The fourth-order valence-corrected chi connectivity index (χ4v) is 4.61. The van der Waals surface area contributed by atoms with Crippen LogP contribution in [0.4, 0.5) is 22.0 Å². The molecule has 172 valence electrons. The van der Waals surface area contributed by atoms with Gasteiger partial charge in [0.25, 0.3) is 0 Å². The Bertz CT molecular complexity index is 1410. The topological polar surface area (TPSA) is 80.0 Å². The van der Waals surface area contributed by atoms with Crippen molar-refractivity contribution in [1.82, 2.24) is 4.98 Å². The number of nitrogens with zero attached hydrogens (tertiary/aromatic N) is 1. The monoisotopic (exact) mass is 488 g/mol. The number of anilines is 3. The molecule has 2 amide bonds. The highest BCUT2D eigenvalue weighted by molar-refractivity contribution is 7.18. The van der Waals surface area contributed by atoms with Crippen LogP contribution < -0.4 is 16.4 Å². The van der Waals surface area contributed by atoms with Crippen LogP contribution in [-0.4, -0.2) is 11.0 Å². The molecule has 4 N–H and O–H groups in total. The zero-order chi connectivity index (χ0) is 24.3. The summed E-state index contributed by atoms with van der Waals surface area (Å²) in [6.45, 7) is 6.50. The van der Waals surface area contributed by atoms with Gasteiger partial charge in [-0.05, 0) is 46.7 Å². The highest BCUT2D eigenvalue weighted by Gasteiger charge is 2.14. The van der Waals surface area contributed by atoms with Crippen LogP contribution in [0.2, 0.25) is 5.02 Å². The molecule has 0 radical (unpaired) electrons. The molecule has 0 fully saturated rings. The predicted octanol–water partition coefficient (Wildman–Crippen LogP) is 7.63. The van der Waals surface area contributed by atoms with E-state index in [2.05, 4.69) is 53.6 Å². The van der Waals surface area contributed by atoms with Crippen LogP contribution in [0.1, 0.15) is 32.8 Å². The summed E-state index contributed by atoms with van der Waals surface area (Å²) in [7, 11) is 0. The number of urea groups is 1. The lowest BCUT2D eigenvalue weighted by Gasteiger charge is -2.12.